The topological polar surface area (TPSA) is 60.0 Å². The molecule has 6 aromatic rings. The molecule has 4 nitrogen and oxygen atoms in total. The molecule has 1 aliphatic rings. The van der Waals surface area contributed by atoms with Crippen LogP contribution in [0.1, 0.15) is 11.1 Å². The molecule has 6 aromatic carbocycles. The van der Waals surface area contributed by atoms with E-state index >= 15 is 0 Å². The number of hydrogen-bond donors (Lipinski definition) is 0. The highest BCUT2D eigenvalue weighted by atomic mass is 16.5. The lowest BCUT2D eigenvalue weighted by Crippen LogP contribution is -2.15. The Morgan fingerprint density at radius 1 is 0.553 bits per heavy atom. The van der Waals surface area contributed by atoms with Gasteiger partial charge in [-0.15, -0.1) is 0 Å². The number of rotatable bonds is 2. The van der Waals surface area contributed by atoms with Crippen LogP contribution in [0.5, 0.6) is 11.5 Å². The molecule has 0 fully saturated rings. The second-order valence-electron chi connectivity index (χ2n) is 9.23. The Balaban J connectivity index is 1.37. The van der Waals surface area contributed by atoms with Crippen molar-refractivity contribution < 1.29 is 4.74 Å². The number of para-hydroxylation sites is 4. The quantitative estimate of drug-likeness (QED) is 0.229. The molecule has 176 valence electrons. The summed E-state index contributed by atoms with van der Waals surface area (Å²) < 4.78 is 6.17. The molecule has 0 N–H and O–H groups in total. The van der Waals surface area contributed by atoms with Crippen LogP contribution in [0.4, 0.5) is 17.1 Å². The summed E-state index contributed by atoms with van der Waals surface area (Å²) >= 11 is 0. The summed E-state index contributed by atoms with van der Waals surface area (Å²) in [4.78, 5) is 2.24. The van der Waals surface area contributed by atoms with Gasteiger partial charge >= 0.3 is 0 Å². The summed E-state index contributed by atoms with van der Waals surface area (Å²) in [6, 6.07) is 42.8. The first-order valence-electron chi connectivity index (χ1n) is 12.3. The van der Waals surface area contributed by atoms with E-state index in [0.717, 1.165) is 55.7 Å². The first-order valence-corrected chi connectivity index (χ1v) is 12.3. The summed E-state index contributed by atoms with van der Waals surface area (Å²) in [5, 5.41) is 23.7. The van der Waals surface area contributed by atoms with Crippen molar-refractivity contribution in [3.63, 3.8) is 0 Å². The Hall–Kier alpha value is -5.58. The number of benzene rings is 6. The predicted molar refractivity (Wildman–Crippen MR) is 151 cm³/mol. The van der Waals surface area contributed by atoms with E-state index in [4.69, 9.17) is 4.74 Å². The van der Waals surface area contributed by atoms with Crippen molar-refractivity contribution in [1.82, 2.24) is 0 Å². The minimum atomic E-state index is 0.500. The lowest BCUT2D eigenvalue weighted by atomic mass is 9.92. The van der Waals surface area contributed by atoms with Crippen molar-refractivity contribution in [1.29, 1.82) is 10.5 Å². The van der Waals surface area contributed by atoms with Crippen molar-refractivity contribution in [2.45, 2.75) is 0 Å². The number of nitriles is 2. The van der Waals surface area contributed by atoms with Crippen LogP contribution in [0.2, 0.25) is 0 Å². The molecular weight excluding hydrogens is 466 g/mol. The predicted octanol–water partition coefficient (Wildman–Crippen LogP) is 8.98. The zero-order chi connectivity index (χ0) is 25.6. The fourth-order valence-electron chi connectivity index (χ4n) is 5.39. The van der Waals surface area contributed by atoms with E-state index < -0.39 is 0 Å². The minimum absolute atomic E-state index is 0.500. The molecule has 0 atom stereocenters. The molecule has 0 saturated carbocycles. The lowest BCUT2D eigenvalue weighted by Gasteiger charge is -2.32. The zero-order valence-corrected chi connectivity index (χ0v) is 20.2. The molecule has 0 saturated heterocycles. The number of anilines is 3. The van der Waals surface area contributed by atoms with E-state index in [0.29, 0.717) is 16.7 Å². The second-order valence-corrected chi connectivity index (χ2v) is 9.23. The van der Waals surface area contributed by atoms with Crippen LogP contribution in [0, 0.1) is 22.7 Å². The van der Waals surface area contributed by atoms with Crippen LogP contribution < -0.4 is 9.64 Å². The van der Waals surface area contributed by atoms with Crippen molar-refractivity contribution in [3.05, 3.63) is 126 Å². The van der Waals surface area contributed by atoms with Crippen LogP contribution in [0.25, 0.3) is 32.7 Å². The maximum atomic E-state index is 9.64. The van der Waals surface area contributed by atoms with Gasteiger partial charge in [0.25, 0.3) is 0 Å². The normalized spacial score (nSPS) is 11.8. The van der Waals surface area contributed by atoms with E-state index in [2.05, 4.69) is 71.6 Å². The SMILES string of the molecule is N#Cc1cccc(C#N)c1-c1ccc2c(ccc3cc(N4c5ccccc5Oc5ccccc54)ccc32)c1. The Labute approximate surface area is 219 Å². The maximum absolute atomic E-state index is 9.64. The average molecular weight is 486 g/mol. The lowest BCUT2D eigenvalue weighted by molar-refractivity contribution is 0.477. The molecule has 0 amide bonds. The smallest absolute Gasteiger partial charge is 0.151 e. The molecule has 1 heterocycles. The summed E-state index contributed by atoms with van der Waals surface area (Å²) in [5.74, 6) is 1.65. The third kappa shape index (κ3) is 3.29. The van der Waals surface area contributed by atoms with Gasteiger partial charge in [0, 0.05) is 11.3 Å². The fourth-order valence-corrected chi connectivity index (χ4v) is 5.39. The van der Waals surface area contributed by atoms with E-state index in [-0.39, 0.29) is 0 Å². The van der Waals surface area contributed by atoms with Crippen molar-refractivity contribution in [3.8, 4) is 34.8 Å². The Kier molecular flexibility index (Phi) is 4.86. The highest BCUT2D eigenvalue weighted by molar-refractivity contribution is 6.10. The van der Waals surface area contributed by atoms with Gasteiger partial charge < -0.3 is 9.64 Å². The number of hydrogen-bond acceptors (Lipinski definition) is 4. The highest BCUT2D eigenvalue weighted by Crippen LogP contribution is 2.50. The van der Waals surface area contributed by atoms with E-state index in [1.54, 1.807) is 18.2 Å². The highest BCUT2D eigenvalue weighted by Gasteiger charge is 2.25. The minimum Gasteiger partial charge on any atom is -0.453 e. The first-order chi connectivity index (χ1) is 18.7. The van der Waals surface area contributed by atoms with Crippen LogP contribution in [-0.2, 0) is 0 Å². The molecule has 4 heteroatoms. The monoisotopic (exact) mass is 485 g/mol. The molecule has 1 aliphatic heterocycles. The third-order valence-electron chi connectivity index (χ3n) is 7.10. The Bertz CT molecular complexity index is 1920. The van der Waals surface area contributed by atoms with Gasteiger partial charge in [-0.1, -0.05) is 60.7 Å². The maximum Gasteiger partial charge on any atom is 0.151 e. The molecule has 0 bridgehead atoms. The molecular formula is C34H19N3O. The number of fused-ring (bicyclic) bond motifs is 5. The van der Waals surface area contributed by atoms with Crippen LogP contribution in [-0.4, -0.2) is 0 Å². The largest absolute Gasteiger partial charge is 0.453 e. The number of nitrogens with zero attached hydrogens (tertiary/aromatic N) is 3. The standard InChI is InChI=1S/C34H19N3O/c35-20-25-6-5-7-26(21-36)34(25)24-14-16-28-22(18-24)12-13-23-19-27(15-17-29(23)28)37-30-8-1-3-10-32(30)38-33-11-4-2-9-31(33)37/h1-19H. The summed E-state index contributed by atoms with van der Waals surface area (Å²) in [7, 11) is 0. The van der Waals surface area contributed by atoms with Crippen LogP contribution >= 0.6 is 0 Å². The summed E-state index contributed by atoms with van der Waals surface area (Å²) in [6.07, 6.45) is 0. The summed E-state index contributed by atoms with van der Waals surface area (Å²) in [6.45, 7) is 0. The second kappa shape index (κ2) is 8.52. The van der Waals surface area contributed by atoms with E-state index in [1.165, 1.54) is 0 Å². The number of ether oxygens (including phenoxy) is 1. The molecule has 0 unspecified atom stereocenters. The van der Waals surface area contributed by atoms with Gasteiger partial charge in [-0.25, -0.2) is 0 Å². The van der Waals surface area contributed by atoms with Crippen molar-refractivity contribution in [2.75, 3.05) is 4.90 Å². The molecule has 0 aliphatic carbocycles. The van der Waals surface area contributed by atoms with Crippen molar-refractivity contribution in [2.24, 2.45) is 0 Å². The van der Waals surface area contributed by atoms with Gasteiger partial charge in [-0.2, -0.15) is 10.5 Å². The van der Waals surface area contributed by atoms with Gasteiger partial charge in [-0.05, 0) is 81.7 Å². The van der Waals surface area contributed by atoms with Gasteiger partial charge in [0.1, 0.15) is 0 Å². The Morgan fingerprint density at radius 2 is 1.13 bits per heavy atom. The molecule has 0 spiro atoms. The van der Waals surface area contributed by atoms with Gasteiger partial charge in [0.2, 0.25) is 0 Å². The van der Waals surface area contributed by atoms with Gasteiger partial charge in [0.15, 0.2) is 11.5 Å². The first kappa shape index (κ1) is 21.7. The molecule has 38 heavy (non-hydrogen) atoms. The average Bonchev–Trinajstić information content (AvgIpc) is 2.98. The fraction of sp³-hybridized carbons (Fsp3) is 0. The third-order valence-corrected chi connectivity index (χ3v) is 7.10. The van der Waals surface area contributed by atoms with Gasteiger partial charge in [-0.3, -0.25) is 0 Å². The molecule has 7 rings (SSSR count). The molecule has 0 aromatic heterocycles. The van der Waals surface area contributed by atoms with Crippen LogP contribution in [0.3, 0.4) is 0 Å². The van der Waals surface area contributed by atoms with Crippen molar-refractivity contribution >= 4 is 38.6 Å². The van der Waals surface area contributed by atoms with Gasteiger partial charge in [0.05, 0.1) is 34.6 Å². The zero-order valence-electron chi connectivity index (χ0n) is 20.2. The molecule has 0 radical (unpaired) electrons. The van der Waals surface area contributed by atoms with E-state index in [9.17, 15) is 10.5 Å². The van der Waals surface area contributed by atoms with E-state index in [1.807, 2.05) is 42.5 Å². The summed E-state index contributed by atoms with van der Waals surface area (Å²) in [5.41, 5.74) is 5.60. The van der Waals surface area contributed by atoms with Crippen LogP contribution in [0.15, 0.2) is 115 Å². The Morgan fingerprint density at radius 3 is 1.76 bits per heavy atom.